The van der Waals surface area contributed by atoms with E-state index in [4.69, 9.17) is 22.1 Å². The Balaban J connectivity index is 2.38. The lowest BCUT2D eigenvalue weighted by Crippen LogP contribution is -1.91. The second kappa shape index (κ2) is 4.55. The number of aromatic nitrogens is 2. The number of benzene rings is 1. The van der Waals surface area contributed by atoms with Crippen LogP contribution in [-0.4, -0.2) is 17.3 Å². The standard InChI is InChI=1S/C11H12ClN3O/c1-16-6-8-3-2-7(4-10(8)12)9-5-14-15-11(9)13/h2-5H,6H2,1H3,(H3,13,14,15). The molecule has 2 aromatic rings. The quantitative estimate of drug-likeness (QED) is 0.862. The van der Waals surface area contributed by atoms with Gasteiger partial charge >= 0.3 is 0 Å². The highest BCUT2D eigenvalue weighted by atomic mass is 35.5. The smallest absolute Gasteiger partial charge is 0.126 e. The first-order valence-corrected chi connectivity index (χ1v) is 5.16. The molecular weight excluding hydrogens is 226 g/mol. The summed E-state index contributed by atoms with van der Waals surface area (Å²) < 4.78 is 5.04. The van der Waals surface area contributed by atoms with E-state index in [1.165, 1.54) is 0 Å². The van der Waals surface area contributed by atoms with Gasteiger partial charge in [-0.05, 0) is 17.2 Å². The third kappa shape index (κ3) is 2.03. The monoisotopic (exact) mass is 237 g/mol. The molecule has 0 radical (unpaired) electrons. The maximum absolute atomic E-state index is 6.13. The molecular formula is C11H12ClN3O. The van der Waals surface area contributed by atoms with Crippen LogP contribution in [0.4, 0.5) is 5.82 Å². The Bertz CT molecular complexity index is 496. The molecule has 0 spiro atoms. The average molecular weight is 238 g/mol. The van der Waals surface area contributed by atoms with Crippen LogP contribution in [0.3, 0.4) is 0 Å². The molecule has 2 rings (SSSR count). The minimum Gasteiger partial charge on any atom is -0.384 e. The zero-order valence-electron chi connectivity index (χ0n) is 8.83. The number of ether oxygens (including phenoxy) is 1. The largest absolute Gasteiger partial charge is 0.384 e. The number of hydrogen-bond donors (Lipinski definition) is 2. The average Bonchev–Trinajstić information content (AvgIpc) is 2.68. The van der Waals surface area contributed by atoms with E-state index >= 15 is 0 Å². The van der Waals surface area contributed by atoms with Crippen molar-refractivity contribution < 1.29 is 4.74 Å². The summed E-state index contributed by atoms with van der Waals surface area (Å²) in [6, 6.07) is 5.73. The van der Waals surface area contributed by atoms with Crippen LogP contribution in [-0.2, 0) is 11.3 Å². The number of nitrogens with zero attached hydrogens (tertiary/aromatic N) is 1. The van der Waals surface area contributed by atoms with Crippen LogP contribution in [0.25, 0.3) is 11.1 Å². The van der Waals surface area contributed by atoms with Crippen LogP contribution in [0, 0.1) is 0 Å². The van der Waals surface area contributed by atoms with E-state index in [9.17, 15) is 0 Å². The van der Waals surface area contributed by atoms with E-state index in [0.717, 1.165) is 16.7 Å². The summed E-state index contributed by atoms with van der Waals surface area (Å²) in [7, 11) is 1.64. The lowest BCUT2D eigenvalue weighted by molar-refractivity contribution is 0.185. The topological polar surface area (TPSA) is 63.9 Å². The summed E-state index contributed by atoms with van der Waals surface area (Å²) in [5.41, 5.74) is 8.48. The molecule has 4 nitrogen and oxygen atoms in total. The van der Waals surface area contributed by atoms with Crippen LogP contribution in [0.5, 0.6) is 0 Å². The summed E-state index contributed by atoms with van der Waals surface area (Å²) in [5, 5.41) is 7.22. The molecule has 0 amide bonds. The molecule has 0 atom stereocenters. The van der Waals surface area contributed by atoms with Crippen molar-refractivity contribution in [1.82, 2.24) is 10.2 Å². The number of anilines is 1. The highest BCUT2D eigenvalue weighted by molar-refractivity contribution is 6.31. The van der Waals surface area contributed by atoms with Gasteiger partial charge in [0.25, 0.3) is 0 Å². The van der Waals surface area contributed by atoms with E-state index in [-0.39, 0.29) is 0 Å². The molecule has 0 bridgehead atoms. The van der Waals surface area contributed by atoms with Crippen molar-refractivity contribution in [3.63, 3.8) is 0 Å². The SMILES string of the molecule is COCc1ccc(-c2cn[nH]c2N)cc1Cl. The molecule has 16 heavy (non-hydrogen) atoms. The Hall–Kier alpha value is -1.52. The summed E-state index contributed by atoms with van der Waals surface area (Å²) in [6.07, 6.45) is 1.68. The van der Waals surface area contributed by atoms with E-state index < -0.39 is 0 Å². The van der Waals surface area contributed by atoms with Crippen molar-refractivity contribution in [2.75, 3.05) is 12.8 Å². The van der Waals surface area contributed by atoms with Crippen LogP contribution in [0.15, 0.2) is 24.4 Å². The van der Waals surface area contributed by atoms with E-state index in [0.29, 0.717) is 17.4 Å². The fourth-order valence-corrected chi connectivity index (χ4v) is 1.75. The van der Waals surface area contributed by atoms with Gasteiger partial charge in [0.1, 0.15) is 5.82 Å². The number of nitrogen functional groups attached to an aromatic ring is 1. The van der Waals surface area contributed by atoms with Crippen molar-refractivity contribution in [2.45, 2.75) is 6.61 Å². The molecule has 0 fully saturated rings. The number of rotatable bonds is 3. The lowest BCUT2D eigenvalue weighted by Gasteiger charge is -2.05. The second-order valence-corrected chi connectivity index (χ2v) is 3.84. The van der Waals surface area contributed by atoms with E-state index in [2.05, 4.69) is 10.2 Å². The molecule has 84 valence electrons. The van der Waals surface area contributed by atoms with E-state index in [1.807, 2.05) is 18.2 Å². The minimum absolute atomic E-state index is 0.500. The zero-order valence-corrected chi connectivity index (χ0v) is 9.58. The van der Waals surface area contributed by atoms with Gasteiger partial charge in [-0.1, -0.05) is 23.7 Å². The molecule has 3 N–H and O–H groups in total. The molecule has 0 saturated carbocycles. The predicted octanol–water partition coefficient (Wildman–Crippen LogP) is 2.46. The molecule has 0 aliphatic carbocycles. The van der Waals surface area contributed by atoms with Gasteiger partial charge in [0, 0.05) is 17.7 Å². The number of methoxy groups -OCH3 is 1. The summed E-state index contributed by atoms with van der Waals surface area (Å²) in [4.78, 5) is 0. The summed E-state index contributed by atoms with van der Waals surface area (Å²) in [5.74, 6) is 0.538. The number of nitrogens with two attached hydrogens (primary N) is 1. The zero-order chi connectivity index (χ0) is 11.5. The molecule has 1 aromatic carbocycles. The summed E-state index contributed by atoms with van der Waals surface area (Å²) in [6.45, 7) is 0.500. The normalized spacial score (nSPS) is 10.6. The summed E-state index contributed by atoms with van der Waals surface area (Å²) >= 11 is 6.13. The van der Waals surface area contributed by atoms with Crippen LogP contribution >= 0.6 is 11.6 Å². The highest BCUT2D eigenvalue weighted by Crippen LogP contribution is 2.28. The number of aromatic amines is 1. The van der Waals surface area contributed by atoms with Crippen LogP contribution in [0.1, 0.15) is 5.56 Å². The van der Waals surface area contributed by atoms with Gasteiger partial charge in [-0.3, -0.25) is 5.10 Å². The van der Waals surface area contributed by atoms with Gasteiger partial charge in [-0.2, -0.15) is 5.10 Å². The van der Waals surface area contributed by atoms with Gasteiger partial charge in [0.15, 0.2) is 0 Å². The Morgan fingerprint density at radius 2 is 2.31 bits per heavy atom. The maximum Gasteiger partial charge on any atom is 0.126 e. The van der Waals surface area contributed by atoms with Gasteiger partial charge in [0.2, 0.25) is 0 Å². The van der Waals surface area contributed by atoms with Crippen LogP contribution < -0.4 is 5.73 Å². The maximum atomic E-state index is 6.13. The fraction of sp³-hybridized carbons (Fsp3) is 0.182. The Labute approximate surface area is 98.4 Å². The Kier molecular flexibility index (Phi) is 3.12. The molecule has 0 unspecified atom stereocenters. The lowest BCUT2D eigenvalue weighted by atomic mass is 10.1. The molecule has 1 heterocycles. The third-order valence-electron chi connectivity index (χ3n) is 2.33. The minimum atomic E-state index is 0.500. The predicted molar refractivity (Wildman–Crippen MR) is 64.2 cm³/mol. The highest BCUT2D eigenvalue weighted by Gasteiger charge is 2.07. The van der Waals surface area contributed by atoms with Gasteiger partial charge in [0.05, 0.1) is 12.8 Å². The van der Waals surface area contributed by atoms with Crippen molar-refractivity contribution in [3.8, 4) is 11.1 Å². The first-order valence-electron chi connectivity index (χ1n) is 4.79. The molecule has 0 aliphatic rings. The van der Waals surface area contributed by atoms with Crippen LogP contribution in [0.2, 0.25) is 5.02 Å². The van der Waals surface area contributed by atoms with Gasteiger partial charge in [-0.25, -0.2) is 0 Å². The second-order valence-electron chi connectivity index (χ2n) is 3.44. The Morgan fingerprint density at radius 1 is 1.50 bits per heavy atom. The van der Waals surface area contributed by atoms with Crippen molar-refractivity contribution in [1.29, 1.82) is 0 Å². The number of hydrogen-bond acceptors (Lipinski definition) is 3. The number of nitrogens with one attached hydrogen (secondary N) is 1. The van der Waals surface area contributed by atoms with Gasteiger partial charge < -0.3 is 10.5 Å². The molecule has 5 heteroatoms. The molecule has 0 saturated heterocycles. The first-order chi connectivity index (χ1) is 7.72. The van der Waals surface area contributed by atoms with Crippen molar-refractivity contribution in [2.24, 2.45) is 0 Å². The fourth-order valence-electron chi connectivity index (χ4n) is 1.51. The molecule has 1 aromatic heterocycles. The van der Waals surface area contributed by atoms with Crippen molar-refractivity contribution >= 4 is 17.4 Å². The van der Waals surface area contributed by atoms with Crippen molar-refractivity contribution in [3.05, 3.63) is 35.0 Å². The molecule has 0 aliphatic heterocycles. The first kappa shape index (κ1) is 11.0. The third-order valence-corrected chi connectivity index (χ3v) is 2.68. The van der Waals surface area contributed by atoms with Gasteiger partial charge in [-0.15, -0.1) is 0 Å². The number of halogens is 1. The number of H-pyrrole nitrogens is 1. The Morgan fingerprint density at radius 3 is 2.88 bits per heavy atom. The van der Waals surface area contributed by atoms with E-state index in [1.54, 1.807) is 13.3 Å².